The Labute approximate surface area is 148 Å². The van der Waals surface area contributed by atoms with Gasteiger partial charge < -0.3 is 14.9 Å². The number of aliphatic hydroxyl groups excluding tert-OH is 2. The highest BCUT2D eigenvalue weighted by molar-refractivity contribution is 7.12. The Morgan fingerprint density at radius 1 is 1.33 bits per heavy atom. The number of hydrogen-bond acceptors (Lipinski definition) is 6. The number of aromatic nitrogens is 1. The molecule has 24 heavy (non-hydrogen) atoms. The minimum absolute atomic E-state index is 0.257. The summed E-state index contributed by atoms with van der Waals surface area (Å²) < 4.78 is 4.58. The molecular formula is C18H29NO4S. The number of carbonyl (C=O) groups excluding carboxylic acids is 1. The second-order valence-electron chi connectivity index (χ2n) is 5.87. The molecule has 0 aromatic carbocycles. The third-order valence-corrected chi connectivity index (χ3v) is 4.83. The summed E-state index contributed by atoms with van der Waals surface area (Å²) in [6.45, 7) is 2.15. The summed E-state index contributed by atoms with van der Waals surface area (Å²) in [5.41, 5.74) is 0. The molecule has 0 amide bonds. The molecule has 1 heterocycles. The van der Waals surface area contributed by atoms with Gasteiger partial charge in [0.1, 0.15) is 5.01 Å². The van der Waals surface area contributed by atoms with Gasteiger partial charge in [-0.2, -0.15) is 0 Å². The van der Waals surface area contributed by atoms with Crippen molar-refractivity contribution in [3.8, 4) is 0 Å². The van der Waals surface area contributed by atoms with Crippen LogP contribution in [0, 0.1) is 0 Å². The molecule has 0 spiro atoms. The number of nitrogens with zero attached hydrogens (tertiary/aromatic N) is 1. The van der Waals surface area contributed by atoms with E-state index in [1.165, 1.54) is 18.4 Å². The number of rotatable bonds is 12. The average molecular weight is 356 g/mol. The molecule has 1 aromatic heterocycles. The van der Waals surface area contributed by atoms with Crippen LogP contribution in [0.3, 0.4) is 0 Å². The quantitative estimate of drug-likeness (QED) is 0.439. The van der Waals surface area contributed by atoms with Crippen LogP contribution in [0.2, 0.25) is 0 Å². The summed E-state index contributed by atoms with van der Waals surface area (Å²) in [4.78, 5) is 16.1. The van der Waals surface area contributed by atoms with Gasteiger partial charge in [-0.1, -0.05) is 32.3 Å². The van der Waals surface area contributed by atoms with E-state index in [9.17, 15) is 15.0 Å². The first-order valence-corrected chi connectivity index (χ1v) is 9.43. The highest BCUT2D eigenvalue weighted by Crippen LogP contribution is 2.25. The van der Waals surface area contributed by atoms with Gasteiger partial charge in [0.2, 0.25) is 0 Å². The van der Waals surface area contributed by atoms with Crippen LogP contribution in [0.25, 0.3) is 6.08 Å². The topological polar surface area (TPSA) is 79.7 Å². The van der Waals surface area contributed by atoms with Crippen molar-refractivity contribution in [2.24, 2.45) is 0 Å². The maximum absolute atomic E-state index is 11.0. The maximum Gasteiger partial charge on any atom is 0.305 e. The second-order valence-corrected chi connectivity index (χ2v) is 6.97. The molecule has 2 atom stereocenters. The smallest absolute Gasteiger partial charge is 0.305 e. The summed E-state index contributed by atoms with van der Waals surface area (Å²) in [5.74, 6) is -0.257. The van der Waals surface area contributed by atoms with Crippen molar-refractivity contribution in [3.63, 3.8) is 0 Å². The molecule has 0 aliphatic heterocycles. The molecule has 0 saturated heterocycles. The van der Waals surface area contributed by atoms with E-state index < -0.39 is 6.10 Å². The summed E-state index contributed by atoms with van der Waals surface area (Å²) in [5, 5.41) is 20.8. The van der Waals surface area contributed by atoms with E-state index >= 15 is 0 Å². The number of carbonyl (C=O) groups is 1. The lowest BCUT2D eigenvalue weighted by Gasteiger charge is -2.06. The van der Waals surface area contributed by atoms with E-state index in [1.54, 1.807) is 6.20 Å². The van der Waals surface area contributed by atoms with Crippen molar-refractivity contribution in [3.05, 3.63) is 22.2 Å². The first-order valence-electron chi connectivity index (χ1n) is 8.62. The van der Waals surface area contributed by atoms with Crippen LogP contribution in [-0.4, -0.2) is 34.4 Å². The largest absolute Gasteiger partial charge is 0.469 e. The molecule has 2 unspecified atom stereocenters. The Bertz CT molecular complexity index is 501. The van der Waals surface area contributed by atoms with E-state index in [0.717, 1.165) is 35.6 Å². The zero-order chi connectivity index (χ0) is 17.8. The Kier molecular flexibility index (Phi) is 10.5. The molecule has 136 valence electrons. The molecule has 6 heteroatoms. The van der Waals surface area contributed by atoms with E-state index in [0.29, 0.717) is 25.7 Å². The fourth-order valence-electron chi connectivity index (χ4n) is 2.29. The molecule has 0 radical (unpaired) electrons. The fourth-order valence-corrected chi connectivity index (χ4v) is 3.16. The lowest BCUT2D eigenvalue weighted by molar-refractivity contribution is -0.140. The van der Waals surface area contributed by atoms with Gasteiger partial charge in [-0.25, -0.2) is 4.98 Å². The van der Waals surface area contributed by atoms with Crippen molar-refractivity contribution >= 4 is 23.4 Å². The van der Waals surface area contributed by atoms with Gasteiger partial charge >= 0.3 is 5.97 Å². The molecule has 1 rings (SSSR count). The molecule has 2 N–H and O–H groups in total. The van der Waals surface area contributed by atoms with Crippen LogP contribution in [-0.2, 0) is 9.53 Å². The first-order chi connectivity index (χ1) is 11.6. The van der Waals surface area contributed by atoms with Crippen molar-refractivity contribution in [1.82, 2.24) is 4.98 Å². The summed E-state index contributed by atoms with van der Waals surface area (Å²) in [7, 11) is 1.36. The Hall–Kier alpha value is -1.24. The number of thiazole rings is 1. The van der Waals surface area contributed by atoms with E-state index in [-0.39, 0.29) is 12.1 Å². The molecule has 0 fully saturated rings. The SMILES string of the molecule is CCCCCC(O)C/C=C/c1ncc(C(O)CCCC(=O)OC)s1. The number of aliphatic hydroxyl groups is 2. The van der Waals surface area contributed by atoms with Crippen molar-refractivity contribution < 1.29 is 19.7 Å². The minimum Gasteiger partial charge on any atom is -0.469 e. The summed E-state index contributed by atoms with van der Waals surface area (Å²) in [6.07, 6.45) is 10.8. The lowest BCUT2D eigenvalue weighted by atomic mass is 10.1. The minimum atomic E-state index is -0.603. The van der Waals surface area contributed by atoms with Gasteiger partial charge in [0.15, 0.2) is 0 Å². The predicted molar refractivity (Wildman–Crippen MR) is 96.7 cm³/mol. The van der Waals surface area contributed by atoms with Crippen LogP contribution >= 0.6 is 11.3 Å². The molecule has 5 nitrogen and oxygen atoms in total. The van der Waals surface area contributed by atoms with Crippen LogP contribution < -0.4 is 0 Å². The van der Waals surface area contributed by atoms with E-state index in [1.807, 2.05) is 12.2 Å². The van der Waals surface area contributed by atoms with Gasteiger partial charge in [-0.05, 0) is 31.8 Å². The highest BCUT2D eigenvalue weighted by atomic mass is 32.1. The number of hydrogen-bond donors (Lipinski definition) is 2. The Morgan fingerprint density at radius 2 is 2.12 bits per heavy atom. The molecule has 0 aliphatic rings. The van der Waals surface area contributed by atoms with Crippen molar-refractivity contribution in [1.29, 1.82) is 0 Å². The van der Waals surface area contributed by atoms with Crippen LogP contribution in [0.1, 0.15) is 74.3 Å². The first kappa shape index (κ1) is 20.8. The third kappa shape index (κ3) is 8.57. The molecule has 1 aromatic rings. The monoisotopic (exact) mass is 355 g/mol. The molecular weight excluding hydrogens is 326 g/mol. The highest BCUT2D eigenvalue weighted by Gasteiger charge is 2.12. The van der Waals surface area contributed by atoms with Gasteiger partial charge in [-0.3, -0.25) is 4.79 Å². The van der Waals surface area contributed by atoms with Crippen LogP contribution in [0.4, 0.5) is 0 Å². The lowest BCUT2D eigenvalue weighted by Crippen LogP contribution is -2.03. The average Bonchev–Trinajstić information content (AvgIpc) is 3.03. The predicted octanol–water partition coefficient (Wildman–Crippen LogP) is 3.86. The van der Waals surface area contributed by atoms with Gasteiger partial charge in [0.05, 0.1) is 24.2 Å². The van der Waals surface area contributed by atoms with E-state index in [4.69, 9.17) is 0 Å². The number of methoxy groups -OCH3 is 1. The zero-order valence-electron chi connectivity index (χ0n) is 14.6. The van der Waals surface area contributed by atoms with Gasteiger partial charge in [0.25, 0.3) is 0 Å². The van der Waals surface area contributed by atoms with E-state index in [2.05, 4.69) is 16.6 Å². The van der Waals surface area contributed by atoms with Gasteiger partial charge in [-0.15, -0.1) is 11.3 Å². The third-order valence-electron chi connectivity index (χ3n) is 3.77. The molecule has 0 bridgehead atoms. The molecule has 0 aliphatic carbocycles. The summed E-state index contributed by atoms with van der Waals surface area (Å²) in [6, 6.07) is 0. The normalized spacial score (nSPS) is 14.0. The van der Waals surface area contributed by atoms with Gasteiger partial charge in [0, 0.05) is 12.6 Å². The zero-order valence-corrected chi connectivity index (χ0v) is 15.4. The summed E-state index contributed by atoms with van der Waals surface area (Å²) >= 11 is 1.43. The van der Waals surface area contributed by atoms with Crippen LogP contribution in [0.15, 0.2) is 12.3 Å². The number of esters is 1. The Morgan fingerprint density at radius 3 is 2.83 bits per heavy atom. The number of ether oxygens (including phenoxy) is 1. The number of unbranched alkanes of at least 4 members (excludes halogenated alkanes) is 2. The second kappa shape index (κ2) is 12.2. The van der Waals surface area contributed by atoms with Crippen LogP contribution in [0.5, 0.6) is 0 Å². The standard InChI is InChI=1S/C18H29NO4S/c1-3-4-5-8-14(20)9-6-11-17-19-13-16(24-17)15(21)10-7-12-18(22)23-2/h6,11,13-15,20-21H,3-5,7-10,12H2,1-2H3/b11-6+. The fraction of sp³-hybridized carbons (Fsp3) is 0.667. The molecule has 0 saturated carbocycles. The maximum atomic E-state index is 11.0. The van der Waals surface area contributed by atoms with Crippen molar-refractivity contribution in [2.45, 2.75) is 70.5 Å². The Balaban J connectivity index is 2.33. The van der Waals surface area contributed by atoms with Crippen molar-refractivity contribution in [2.75, 3.05) is 7.11 Å².